The number of rotatable bonds is 6. The van der Waals surface area contributed by atoms with Gasteiger partial charge in [-0.05, 0) is 54.8 Å². The van der Waals surface area contributed by atoms with E-state index in [0.29, 0.717) is 5.75 Å². The summed E-state index contributed by atoms with van der Waals surface area (Å²) in [4.78, 5) is 12.8. The number of carbonyl (C=O) groups is 1. The highest BCUT2D eigenvalue weighted by atomic mass is 19.1. The predicted molar refractivity (Wildman–Crippen MR) is 104 cm³/mol. The van der Waals surface area contributed by atoms with E-state index in [2.05, 4.69) is 5.32 Å². The average Bonchev–Trinajstić information content (AvgIpc) is 2.69. The molecule has 0 saturated heterocycles. The molecule has 3 aromatic rings. The topological polar surface area (TPSA) is 38.3 Å². The van der Waals surface area contributed by atoms with Crippen LogP contribution in [0.3, 0.4) is 0 Å². The summed E-state index contributed by atoms with van der Waals surface area (Å²) in [6, 6.07) is 23.1. The van der Waals surface area contributed by atoms with Gasteiger partial charge >= 0.3 is 0 Å². The molecule has 0 aromatic heterocycles. The standard InChI is InChI=1S/C23H22FNO2/c1-16-8-6-7-11-21(16)22(18-9-4-3-5-10-18)25-23(26)17(2)27-20-14-12-19(24)13-15-20/h3-15,17,22H,1-2H3,(H,25,26)/t17-,22+/m0/s1. The van der Waals surface area contributed by atoms with Crippen LogP contribution in [0.25, 0.3) is 0 Å². The summed E-state index contributed by atoms with van der Waals surface area (Å²) in [5, 5.41) is 3.08. The first-order valence-electron chi connectivity index (χ1n) is 8.87. The van der Waals surface area contributed by atoms with Crippen molar-refractivity contribution in [2.24, 2.45) is 0 Å². The minimum absolute atomic E-state index is 0.239. The Hall–Kier alpha value is -3.14. The Bertz CT molecular complexity index is 894. The molecular formula is C23H22FNO2. The van der Waals surface area contributed by atoms with Gasteiger partial charge in [0.1, 0.15) is 11.6 Å². The first kappa shape index (κ1) is 18.6. The van der Waals surface area contributed by atoms with Crippen LogP contribution in [0, 0.1) is 12.7 Å². The van der Waals surface area contributed by atoms with Crippen LogP contribution in [0.15, 0.2) is 78.9 Å². The molecule has 0 spiro atoms. The van der Waals surface area contributed by atoms with Gasteiger partial charge in [0.15, 0.2) is 6.10 Å². The molecule has 0 fully saturated rings. The number of hydrogen-bond acceptors (Lipinski definition) is 2. The Balaban J connectivity index is 1.80. The van der Waals surface area contributed by atoms with Crippen molar-refractivity contribution in [3.8, 4) is 5.75 Å². The smallest absolute Gasteiger partial charge is 0.261 e. The molecule has 3 rings (SSSR count). The number of benzene rings is 3. The van der Waals surface area contributed by atoms with Crippen molar-refractivity contribution in [1.29, 1.82) is 0 Å². The van der Waals surface area contributed by atoms with E-state index >= 15 is 0 Å². The molecule has 1 N–H and O–H groups in total. The molecule has 0 aliphatic rings. The summed E-state index contributed by atoms with van der Waals surface area (Å²) < 4.78 is 18.7. The lowest BCUT2D eigenvalue weighted by Crippen LogP contribution is -2.39. The molecule has 0 saturated carbocycles. The third kappa shape index (κ3) is 4.73. The number of ether oxygens (including phenoxy) is 1. The molecule has 0 bridgehead atoms. The van der Waals surface area contributed by atoms with Gasteiger partial charge in [0.2, 0.25) is 0 Å². The van der Waals surface area contributed by atoms with Gasteiger partial charge in [0.25, 0.3) is 5.91 Å². The largest absolute Gasteiger partial charge is 0.481 e. The zero-order chi connectivity index (χ0) is 19.2. The molecule has 1 amide bonds. The third-order valence-electron chi connectivity index (χ3n) is 4.41. The van der Waals surface area contributed by atoms with Gasteiger partial charge in [-0.3, -0.25) is 4.79 Å². The third-order valence-corrected chi connectivity index (χ3v) is 4.41. The van der Waals surface area contributed by atoms with Gasteiger partial charge in [0, 0.05) is 0 Å². The molecule has 3 aromatic carbocycles. The average molecular weight is 363 g/mol. The zero-order valence-corrected chi connectivity index (χ0v) is 15.4. The quantitative estimate of drug-likeness (QED) is 0.683. The Kier molecular flexibility index (Phi) is 5.87. The van der Waals surface area contributed by atoms with E-state index in [-0.39, 0.29) is 17.8 Å². The minimum Gasteiger partial charge on any atom is -0.481 e. The summed E-state index contributed by atoms with van der Waals surface area (Å²) in [5.41, 5.74) is 3.12. The van der Waals surface area contributed by atoms with E-state index in [4.69, 9.17) is 4.74 Å². The van der Waals surface area contributed by atoms with Crippen molar-refractivity contribution >= 4 is 5.91 Å². The normalized spacial score (nSPS) is 12.9. The van der Waals surface area contributed by atoms with E-state index < -0.39 is 6.10 Å². The van der Waals surface area contributed by atoms with Crippen molar-refractivity contribution in [2.75, 3.05) is 0 Å². The van der Waals surface area contributed by atoms with Gasteiger partial charge in [-0.1, -0.05) is 54.6 Å². The van der Waals surface area contributed by atoms with E-state index in [9.17, 15) is 9.18 Å². The monoisotopic (exact) mass is 363 g/mol. The lowest BCUT2D eigenvalue weighted by atomic mass is 9.95. The van der Waals surface area contributed by atoms with Crippen LogP contribution in [0.2, 0.25) is 0 Å². The van der Waals surface area contributed by atoms with Crippen LogP contribution in [-0.2, 0) is 4.79 Å². The second-order valence-corrected chi connectivity index (χ2v) is 6.42. The van der Waals surface area contributed by atoms with Crippen molar-refractivity contribution in [1.82, 2.24) is 5.32 Å². The Morgan fingerprint density at radius 1 is 0.926 bits per heavy atom. The van der Waals surface area contributed by atoms with E-state index in [1.165, 1.54) is 24.3 Å². The van der Waals surface area contributed by atoms with Crippen LogP contribution < -0.4 is 10.1 Å². The van der Waals surface area contributed by atoms with Gasteiger partial charge in [-0.25, -0.2) is 4.39 Å². The van der Waals surface area contributed by atoms with E-state index in [0.717, 1.165) is 16.7 Å². The maximum atomic E-state index is 13.0. The molecule has 2 atom stereocenters. The highest BCUT2D eigenvalue weighted by Gasteiger charge is 2.22. The number of amides is 1. The van der Waals surface area contributed by atoms with Crippen LogP contribution >= 0.6 is 0 Å². The molecule has 0 aliphatic carbocycles. The minimum atomic E-state index is -0.717. The zero-order valence-electron chi connectivity index (χ0n) is 15.4. The molecule has 0 unspecified atom stereocenters. The van der Waals surface area contributed by atoms with Crippen LogP contribution in [-0.4, -0.2) is 12.0 Å². The SMILES string of the molecule is Cc1ccccc1[C@H](NC(=O)[C@H](C)Oc1ccc(F)cc1)c1ccccc1. The Labute approximate surface area is 158 Å². The van der Waals surface area contributed by atoms with E-state index in [1.807, 2.05) is 61.5 Å². The molecule has 0 heterocycles. The van der Waals surface area contributed by atoms with Gasteiger partial charge in [-0.2, -0.15) is 0 Å². The first-order valence-corrected chi connectivity index (χ1v) is 8.87. The van der Waals surface area contributed by atoms with Crippen molar-refractivity contribution in [2.45, 2.75) is 26.0 Å². The fourth-order valence-corrected chi connectivity index (χ4v) is 2.93. The van der Waals surface area contributed by atoms with Crippen molar-refractivity contribution in [3.63, 3.8) is 0 Å². The number of carbonyl (C=O) groups excluding carboxylic acids is 1. The van der Waals surface area contributed by atoms with Crippen LogP contribution in [0.5, 0.6) is 5.75 Å². The van der Waals surface area contributed by atoms with Gasteiger partial charge in [0.05, 0.1) is 6.04 Å². The summed E-state index contributed by atoms with van der Waals surface area (Å²) in [7, 11) is 0. The fraction of sp³-hybridized carbons (Fsp3) is 0.174. The molecular weight excluding hydrogens is 341 g/mol. The molecule has 138 valence electrons. The van der Waals surface area contributed by atoms with Crippen LogP contribution in [0.1, 0.15) is 29.7 Å². The van der Waals surface area contributed by atoms with Crippen molar-refractivity contribution < 1.29 is 13.9 Å². The van der Waals surface area contributed by atoms with Gasteiger partial charge in [-0.15, -0.1) is 0 Å². The van der Waals surface area contributed by atoms with Gasteiger partial charge < -0.3 is 10.1 Å². The maximum Gasteiger partial charge on any atom is 0.261 e. The highest BCUT2D eigenvalue weighted by Crippen LogP contribution is 2.25. The Morgan fingerprint density at radius 2 is 1.56 bits per heavy atom. The summed E-state index contributed by atoms with van der Waals surface area (Å²) in [5.74, 6) is -0.134. The van der Waals surface area contributed by atoms with E-state index in [1.54, 1.807) is 6.92 Å². The lowest BCUT2D eigenvalue weighted by Gasteiger charge is -2.24. The second kappa shape index (κ2) is 8.49. The molecule has 27 heavy (non-hydrogen) atoms. The number of hydrogen-bond donors (Lipinski definition) is 1. The first-order chi connectivity index (χ1) is 13.0. The number of nitrogens with one attached hydrogen (secondary N) is 1. The Morgan fingerprint density at radius 3 is 2.22 bits per heavy atom. The fourth-order valence-electron chi connectivity index (χ4n) is 2.93. The van der Waals surface area contributed by atoms with Crippen molar-refractivity contribution in [3.05, 3.63) is 101 Å². The molecule has 0 aliphatic heterocycles. The summed E-state index contributed by atoms with van der Waals surface area (Å²) in [6.07, 6.45) is -0.717. The van der Waals surface area contributed by atoms with Crippen LogP contribution in [0.4, 0.5) is 4.39 Å². The molecule has 0 radical (unpaired) electrons. The molecule has 3 nitrogen and oxygen atoms in total. The molecule has 4 heteroatoms. The lowest BCUT2D eigenvalue weighted by molar-refractivity contribution is -0.127. The highest BCUT2D eigenvalue weighted by molar-refractivity contribution is 5.81. The predicted octanol–water partition coefficient (Wildman–Crippen LogP) is 4.81. The maximum absolute atomic E-state index is 13.0. The summed E-state index contributed by atoms with van der Waals surface area (Å²) in [6.45, 7) is 3.70. The summed E-state index contributed by atoms with van der Waals surface area (Å²) >= 11 is 0. The number of halogens is 1. The second-order valence-electron chi connectivity index (χ2n) is 6.42. The number of aryl methyl sites for hydroxylation is 1.